The van der Waals surface area contributed by atoms with Crippen LogP contribution in [0.15, 0.2) is 18.2 Å². The number of benzene rings is 1. The van der Waals surface area contributed by atoms with Crippen LogP contribution in [0, 0.1) is 18.2 Å². The summed E-state index contributed by atoms with van der Waals surface area (Å²) in [5.41, 5.74) is 0.386. The molecule has 1 amide bonds. The Morgan fingerprint density at radius 2 is 1.93 bits per heavy atom. The molecule has 2 atom stereocenters. The van der Waals surface area contributed by atoms with E-state index in [0.29, 0.717) is 24.7 Å². The van der Waals surface area contributed by atoms with Crippen LogP contribution in [0.1, 0.15) is 60.9 Å². The van der Waals surface area contributed by atoms with Gasteiger partial charge in [-0.05, 0) is 50.7 Å². The molecule has 3 fully saturated rings. The Bertz CT molecular complexity index is 704. The number of aliphatic hydroxyl groups is 1. The zero-order chi connectivity index (χ0) is 19.0. The van der Waals surface area contributed by atoms with Crippen molar-refractivity contribution in [2.24, 2.45) is 5.41 Å². The molecule has 3 aliphatic rings. The lowest BCUT2D eigenvalue weighted by atomic mass is 9.71. The van der Waals surface area contributed by atoms with Gasteiger partial charge in [-0.15, -0.1) is 0 Å². The third-order valence-corrected chi connectivity index (χ3v) is 7.07. The molecule has 0 bridgehead atoms. The fourth-order valence-electron chi connectivity index (χ4n) is 5.48. The first-order valence-electron chi connectivity index (χ1n) is 10.5. The Balaban J connectivity index is 1.53. The summed E-state index contributed by atoms with van der Waals surface area (Å²) in [7, 11) is 0. The normalized spacial score (nSPS) is 30.2. The number of rotatable bonds is 2. The molecule has 4 nitrogen and oxygen atoms in total. The molecular weight excluding hydrogens is 343 g/mol. The third kappa shape index (κ3) is 3.52. The van der Waals surface area contributed by atoms with Crippen LogP contribution < -0.4 is 0 Å². The van der Waals surface area contributed by atoms with Gasteiger partial charge in [0.25, 0.3) is 5.91 Å². The summed E-state index contributed by atoms with van der Waals surface area (Å²) in [5.74, 6) is -0.653. The monoisotopic (exact) mass is 374 g/mol. The van der Waals surface area contributed by atoms with E-state index in [1.807, 2.05) is 0 Å². The Hall–Kier alpha value is -1.46. The second kappa shape index (κ2) is 7.51. The van der Waals surface area contributed by atoms with Gasteiger partial charge in [-0.2, -0.15) is 0 Å². The highest BCUT2D eigenvalue weighted by Crippen LogP contribution is 2.41. The van der Waals surface area contributed by atoms with E-state index >= 15 is 0 Å². The molecule has 0 unspecified atom stereocenters. The molecule has 148 valence electrons. The summed E-state index contributed by atoms with van der Waals surface area (Å²) in [5, 5.41) is 10.9. The van der Waals surface area contributed by atoms with Gasteiger partial charge < -0.3 is 10.0 Å². The van der Waals surface area contributed by atoms with Gasteiger partial charge in [0.1, 0.15) is 5.82 Å². The smallest absolute Gasteiger partial charge is 0.256 e. The number of piperidine rings is 2. The maximum Gasteiger partial charge on any atom is 0.256 e. The first-order chi connectivity index (χ1) is 13.0. The number of aliphatic hydroxyl groups excluding tert-OH is 1. The Morgan fingerprint density at radius 3 is 2.70 bits per heavy atom. The second-order valence-corrected chi connectivity index (χ2v) is 8.84. The van der Waals surface area contributed by atoms with E-state index in [1.165, 1.54) is 25.7 Å². The van der Waals surface area contributed by atoms with Crippen LogP contribution in [0.2, 0.25) is 0 Å². The van der Waals surface area contributed by atoms with Gasteiger partial charge >= 0.3 is 0 Å². The van der Waals surface area contributed by atoms with Crippen molar-refractivity contribution in [3.05, 3.63) is 35.1 Å². The number of amides is 1. The van der Waals surface area contributed by atoms with Crippen molar-refractivity contribution in [1.29, 1.82) is 0 Å². The lowest BCUT2D eigenvalue weighted by molar-refractivity contribution is -0.0873. The molecule has 1 N–H and O–H groups in total. The highest BCUT2D eigenvalue weighted by molar-refractivity contribution is 5.94. The molecule has 5 heteroatoms. The number of hydrogen-bond donors (Lipinski definition) is 1. The summed E-state index contributed by atoms with van der Waals surface area (Å²) >= 11 is 0. The van der Waals surface area contributed by atoms with E-state index < -0.39 is 5.82 Å². The number of hydrogen-bond acceptors (Lipinski definition) is 3. The standard InChI is InChI=1S/C22H31FN2O2/c1-16-6-4-9-18(20(16)23)21(27)25-12-5-11-22(15-25)14-24(13-10-19(22)26)17-7-2-3-8-17/h4,6,9,17,19,26H,2-3,5,7-8,10-15H2,1H3/t19-,22-/m1/s1. The topological polar surface area (TPSA) is 43.8 Å². The molecule has 1 aromatic rings. The highest BCUT2D eigenvalue weighted by atomic mass is 19.1. The van der Waals surface area contributed by atoms with Crippen molar-refractivity contribution in [2.45, 2.75) is 64.0 Å². The van der Waals surface area contributed by atoms with Gasteiger partial charge in [0.2, 0.25) is 0 Å². The quantitative estimate of drug-likeness (QED) is 0.863. The van der Waals surface area contributed by atoms with E-state index in [0.717, 1.165) is 32.4 Å². The number of likely N-dealkylation sites (tertiary alicyclic amines) is 2. The van der Waals surface area contributed by atoms with Crippen molar-refractivity contribution in [2.75, 3.05) is 26.2 Å². The van der Waals surface area contributed by atoms with E-state index in [-0.39, 0.29) is 23.0 Å². The molecule has 1 saturated carbocycles. The zero-order valence-corrected chi connectivity index (χ0v) is 16.3. The molecule has 4 rings (SSSR count). The minimum absolute atomic E-state index is 0.157. The van der Waals surface area contributed by atoms with Crippen LogP contribution in [0.5, 0.6) is 0 Å². The maximum atomic E-state index is 14.5. The predicted molar refractivity (Wildman–Crippen MR) is 103 cm³/mol. The molecule has 2 saturated heterocycles. The minimum Gasteiger partial charge on any atom is -0.392 e. The van der Waals surface area contributed by atoms with Crippen molar-refractivity contribution in [1.82, 2.24) is 9.80 Å². The fraction of sp³-hybridized carbons (Fsp3) is 0.682. The first-order valence-corrected chi connectivity index (χ1v) is 10.5. The average Bonchev–Trinajstić information content (AvgIpc) is 3.21. The lowest BCUT2D eigenvalue weighted by Gasteiger charge is -2.52. The molecule has 0 aromatic heterocycles. The summed E-state index contributed by atoms with van der Waals surface area (Å²) in [6, 6.07) is 5.64. The summed E-state index contributed by atoms with van der Waals surface area (Å²) in [4.78, 5) is 17.4. The molecular formula is C22H31FN2O2. The summed E-state index contributed by atoms with van der Waals surface area (Å²) in [6.45, 7) is 4.68. The van der Waals surface area contributed by atoms with Crippen LogP contribution >= 0.6 is 0 Å². The maximum absolute atomic E-state index is 14.5. The lowest BCUT2D eigenvalue weighted by Crippen LogP contribution is -2.61. The minimum atomic E-state index is -0.418. The second-order valence-electron chi connectivity index (χ2n) is 8.84. The average molecular weight is 375 g/mol. The number of halogens is 1. The van der Waals surface area contributed by atoms with Crippen LogP contribution in [-0.4, -0.2) is 59.1 Å². The number of carbonyl (C=O) groups is 1. The summed E-state index contributed by atoms with van der Waals surface area (Å²) in [6.07, 6.45) is 7.31. The van der Waals surface area contributed by atoms with Gasteiger partial charge in [0, 0.05) is 37.6 Å². The van der Waals surface area contributed by atoms with Gasteiger partial charge in [-0.1, -0.05) is 25.0 Å². The molecule has 1 aliphatic carbocycles. The van der Waals surface area contributed by atoms with Crippen molar-refractivity contribution < 1.29 is 14.3 Å². The molecule has 1 spiro atoms. The molecule has 2 heterocycles. The first kappa shape index (κ1) is 18.9. The number of nitrogens with zero attached hydrogens (tertiary/aromatic N) is 2. The van der Waals surface area contributed by atoms with Gasteiger partial charge in [0.05, 0.1) is 11.7 Å². The van der Waals surface area contributed by atoms with Crippen molar-refractivity contribution in [3.8, 4) is 0 Å². The fourth-order valence-corrected chi connectivity index (χ4v) is 5.48. The summed E-state index contributed by atoms with van der Waals surface area (Å²) < 4.78 is 14.5. The van der Waals surface area contributed by atoms with Crippen molar-refractivity contribution >= 4 is 5.91 Å². The number of aryl methyl sites for hydroxylation is 1. The molecule has 1 aromatic carbocycles. The van der Waals surface area contributed by atoms with Crippen molar-refractivity contribution in [3.63, 3.8) is 0 Å². The van der Waals surface area contributed by atoms with E-state index in [4.69, 9.17) is 0 Å². The van der Waals surface area contributed by atoms with E-state index in [2.05, 4.69) is 4.90 Å². The van der Waals surface area contributed by atoms with Crippen LogP contribution in [0.4, 0.5) is 4.39 Å². The van der Waals surface area contributed by atoms with E-state index in [1.54, 1.807) is 30.0 Å². The van der Waals surface area contributed by atoms with Crippen LogP contribution in [-0.2, 0) is 0 Å². The SMILES string of the molecule is Cc1cccc(C(=O)N2CCC[C@]3(C2)CN(C2CCCC2)CC[C@H]3O)c1F. The van der Waals surface area contributed by atoms with Gasteiger partial charge in [0.15, 0.2) is 0 Å². The third-order valence-electron chi connectivity index (χ3n) is 7.07. The Morgan fingerprint density at radius 1 is 1.15 bits per heavy atom. The van der Waals surface area contributed by atoms with Gasteiger partial charge in [-0.3, -0.25) is 9.69 Å². The van der Waals surface area contributed by atoms with Gasteiger partial charge in [-0.25, -0.2) is 4.39 Å². The predicted octanol–water partition coefficient (Wildman–Crippen LogP) is 3.37. The molecule has 2 aliphatic heterocycles. The van der Waals surface area contributed by atoms with Crippen LogP contribution in [0.25, 0.3) is 0 Å². The number of carbonyl (C=O) groups excluding carboxylic acids is 1. The largest absolute Gasteiger partial charge is 0.392 e. The molecule has 27 heavy (non-hydrogen) atoms. The molecule has 0 radical (unpaired) electrons. The Kier molecular flexibility index (Phi) is 5.26. The van der Waals surface area contributed by atoms with Crippen LogP contribution in [0.3, 0.4) is 0 Å². The van der Waals surface area contributed by atoms with E-state index in [9.17, 15) is 14.3 Å². The highest BCUT2D eigenvalue weighted by Gasteiger charge is 2.47. The zero-order valence-electron chi connectivity index (χ0n) is 16.3. The Labute approximate surface area is 161 Å².